The second-order valence-corrected chi connectivity index (χ2v) is 6.19. The van der Waals surface area contributed by atoms with Crippen LogP contribution in [0.25, 0.3) is 11.4 Å². The van der Waals surface area contributed by atoms with E-state index < -0.39 is 0 Å². The predicted octanol–water partition coefficient (Wildman–Crippen LogP) is 3.97. The van der Waals surface area contributed by atoms with Gasteiger partial charge in [0.05, 0.1) is 5.69 Å². The zero-order valence-corrected chi connectivity index (χ0v) is 13.1. The first kappa shape index (κ1) is 15.3. The third kappa shape index (κ3) is 3.94. The number of phenolic OH excluding ortho intramolecular Hbond substituents is 1. The molecule has 0 amide bonds. The molecule has 0 spiro atoms. The fraction of sp³-hybridized carbons (Fsp3) is 0.412. The van der Waals surface area contributed by atoms with E-state index in [-0.39, 0.29) is 11.2 Å². The van der Waals surface area contributed by atoms with Crippen molar-refractivity contribution in [2.75, 3.05) is 11.9 Å². The first-order chi connectivity index (χ1) is 9.90. The summed E-state index contributed by atoms with van der Waals surface area (Å²) in [5, 5.41) is 13.0. The van der Waals surface area contributed by atoms with E-state index in [4.69, 9.17) is 0 Å². The average molecular weight is 285 g/mol. The largest absolute Gasteiger partial charge is 0.508 e. The van der Waals surface area contributed by atoms with E-state index in [2.05, 4.69) is 43.0 Å². The first-order valence-electron chi connectivity index (χ1n) is 7.33. The second kappa shape index (κ2) is 6.12. The van der Waals surface area contributed by atoms with Gasteiger partial charge in [0.1, 0.15) is 11.6 Å². The number of rotatable bonds is 4. The van der Waals surface area contributed by atoms with Gasteiger partial charge < -0.3 is 10.4 Å². The van der Waals surface area contributed by atoms with Gasteiger partial charge in [0, 0.05) is 23.6 Å². The summed E-state index contributed by atoms with van der Waals surface area (Å²) in [7, 11) is 0. The topological polar surface area (TPSA) is 58.0 Å². The average Bonchev–Trinajstić information content (AvgIpc) is 2.44. The van der Waals surface area contributed by atoms with Crippen molar-refractivity contribution in [2.45, 2.75) is 39.5 Å². The van der Waals surface area contributed by atoms with Crippen LogP contribution in [0.1, 0.15) is 39.8 Å². The van der Waals surface area contributed by atoms with Gasteiger partial charge in [-0.2, -0.15) is 0 Å². The van der Waals surface area contributed by atoms with Crippen molar-refractivity contribution in [3.63, 3.8) is 0 Å². The van der Waals surface area contributed by atoms with Crippen LogP contribution in [0, 0.1) is 0 Å². The maximum Gasteiger partial charge on any atom is 0.161 e. The van der Waals surface area contributed by atoms with Crippen molar-refractivity contribution in [2.24, 2.45) is 0 Å². The summed E-state index contributed by atoms with van der Waals surface area (Å²) in [4.78, 5) is 9.22. The summed E-state index contributed by atoms with van der Waals surface area (Å²) in [5.74, 6) is 1.69. The monoisotopic (exact) mass is 285 g/mol. The summed E-state index contributed by atoms with van der Waals surface area (Å²) < 4.78 is 0. The Morgan fingerprint density at radius 2 is 1.90 bits per heavy atom. The van der Waals surface area contributed by atoms with Crippen LogP contribution in [-0.4, -0.2) is 21.6 Å². The molecule has 0 aliphatic carbocycles. The molecule has 0 saturated heterocycles. The zero-order chi connectivity index (χ0) is 15.5. The van der Waals surface area contributed by atoms with Gasteiger partial charge in [-0.25, -0.2) is 9.97 Å². The molecule has 2 aromatic rings. The van der Waals surface area contributed by atoms with Crippen LogP contribution >= 0.6 is 0 Å². The molecule has 4 nitrogen and oxygen atoms in total. The molecule has 1 aromatic carbocycles. The maximum absolute atomic E-state index is 9.64. The number of phenols is 1. The van der Waals surface area contributed by atoms with Crippen molar-refractivity contribution in [1.29, 1.82) is 0 Å². The lowest BCUT2D eigenvalue weighted by molar-refractivity contribution is 0.475. The lowest BCUT2D eigenvalue weighted by atomic mass is 9.91. The number of nitrogens with one attached hydrogen (secondary N) is 1. The van der Waals surface area contributed by atoms with Gasteiger partial charge in [0.2, 0.25) is 0 Å². The van der Waals surface area contributed by atoms with Crippen molar-refractivity contribution in [3.8, 4) is 17.1 Å². The SMILES string of the molecule is CCCNc1cc(C(C)(C)C)nc(-c2cccc(O)c2)n1. The highest BCUT2D eigenvalue weighted by Crippen LogP contribution is 2.27. The van der Waals surface area contributed by atoms with Gasteiger partial charge in [0.25, 0.3) is 0 Å². The minimum absolute atomic E-state index is 0.0584. The number of hydrogen-bond acceptors (Lipinski definition) is 4. The van der Waals surface area contributed by atoms with Crippen LogP contribution in [0.3, 0.4) is 0 Å². The van der Waals surface area contributed by atoms with Crippen molar-refractivity contribution < 1.29 is 5.11 Å². The highest BCUT2D eigenvalue weighted by molar-refractivity contribution is 5.60. The molecule has 0 saturated carbocycles. The molecular weight excluding hydrogens is 262 g/mol. The Balaban J connectivity index is 2.49. The van der Waals surface area contributed by atoms with E-state index in [9.17, 15) is 5.11 Å². The van der Waals surface area contributed by atoms with Gasteiger partial charge in [-0.1, -0.05) is 39.8 Å². The Kier molecular flexibility index (Phi) is 4.46. The number of aromatic hydroxyl groups is 1. The van der Waals surface area contributed by atoms with Crippen molar-refractivity contribution in [1.82, 2.24) is 9.97 Å². The molecule has 1 heterocycles. The van der Waals surface area contributed by atoms with E-state index in [0.29, 0.717) is 5.82 Å². The molecular formula is C17H23N3O. The Morgan fingerprint density at radius 1 is 1.14 bits per heavy atom. The van der Waals surface area contributed by atoms with E-state index in [0.717, 1.165) is 30.0 Å². The number of anilines is 1. The minimum atomic E-state index is -0.0584. The van der Waals surface area contributed by atoms with Crippen LogP contribution in [0.2, 0.25) is 0 Å². The van der Waals surface area contributed by atoms with Crippen molar-refractivity contribution in [3.05, 3.63) is 36.0 Å². The van der Waals surface area contributed by atoms with Gasteiger partial charge in [-0.05, 0) is 18.6 Å². The van der Waals surface area contributed by atoms with Crippen LogP contribution < -0.4 is 5.32 Å². The third-order valence-electron chi connectivity index (χ3n) is 3.16. The summed E-state index contributed by atoms with van der Waals surface area (Å²) >= 11 is 0. The van der Waals surface area contributed by atoms with Gasteiger partial charge in [-0.3, -0.25) is 0 Å². The van der Waals surface area contributed by atoms with E-state index in [1.807, 2.05) is 12.1 Å². The van der Waals surface area contributed by atoms with Crippen LogP contribution in [0.15, 0.2) is 30.3 Å². The first-order valence-corrected chi connectivity index (χ1v) is 7.33. The molecule has 1 aromatic heterocycles. The van der Waals surface area contributed by atoms with Gasteiger partial charge >= 0.3 is 0 Å². The molecule has 4 heteroatoms. The molecule has 21 heavy (non-hydrogen) atoms. The molecule has 2 N–H and O–H groups in total. The standard InChI is InChI=1S/C17H23N3O/c1-5-9-18-15-11-14(17(2,3)4)19-16(20-15)12-7-6-8-13(21)10-12/h6-8,10-11,21H,5,9H2,1-4H3,(H,18,19,20). The fourth-order valence-corrected chi connectivity index (χ4v) is 1.95. The predicted molar refractivity (Wildman–Crippen MR) is 86.6 cm³/mol. The Morgan fingerprint density at radius 3 is 2.52 bits per heavy atom. The number of aromatic nitrogens is 2. The quantitative estimate of drug-likeness (QED) is 0.892. The van der Waals surface area contributed by atoms with Gasteiger partial charge in [-0.15, -0.1) is 0 Å². The molecule has 0 unspecified atom stereocenters. The van der Waals surface area contributed by atoms with E-state index in [1.54, 1.807) is 18.2 Å². The maximum atomic E-state index is 9.64. The van der Waals surface area contributed by atoms with Gasteiger partial charge in [0.15, 0.2) is 5.82 Å². The normalized spacial score (nSPS) is 11.4. The minimum Gasteiger partial charge on any atom is -0.508 e. The molecule has 0 radical (unpaired) electrons. The number of nitrogens with zero attached hydrogens (tertiary/aromatic N) is 2. The second-order valence-electron chi connectivity index (χ2n) is 6.19. The molecule has 0 aliphatic rings. The highest BCUT2D eigenvalue weighted by Gasteiger charge is 2.18. The molecule has 112 valence electrons. The molecule has 2 rings (SSSR count). The number of benzene rings is 1. The number of hydrogen-bond donors (Lipinski definition) is 2. The van der Waals surface area contributed by atoms with Crippen molar-refractivity contribution >= 4 is 5.82 Å². The highest BCUT2D eigenvalue weighted by atomic mass is 16.3. The van der Waals surface area contributed by atoms with E-state index >= 15 is 0 Å². The lowest BCUT2D eigenvalue weighted by Gasteiger charge is -2.19. The molecule has 0 aliphatic heterocycles. The fourth-order valence-electron chi connectivity index (χ4n) is 1.95. The Labute approximate surface area is 126 Å². The summed E-state index contributed by atoms with van der Waals surface area (Å²) in [6.07, 6.45) is 1.04. The summed E-state index contributed by atoms with van der Waals surface area (Å²) in [5.41, 5.74) is 1.74. The molecule has 0 atom stereocenters. The van der Waals surface area contributed by atoms with Crippen LogP contribution in [0.4, 0.5) is 5.82 Å². The summed E-state index contributed by atoms with van der Waals surface area (Å²) in [6.45, 7) is 9.39. The Hall–Kier alpha value is -2.10. The zero-order valence-electron chi connectivity index (χ0n) is 13.1. The Bertz CT molecular complexity index is 618. The van der Waals surface area contributed by atoms with Crippen LogP contribution in [-0.2, 0) is 5.41 Å². The molecule has 0 bridgehead atoms. The summed E-state index contributed by atoms with van der Waals surface area (Å²) in [6, 6.07) is 9.04. The smallest absolute Gasteiger partial charge is 0.161 e. The lowest BCUT2D eigenvalue weighted by Crippen LogP contribution is -2.16. The molecule has 0 fully saturated rings. The third-order valence-corrected chi connectivity index (χ3v) is 3.16. The van der Waals surface area contributed by atoms with E-state index in [1.165, 1.54) is 0 Å². The van der Waals surface area contributed by atoms with Crippen LogP contribution in [0.5, 0.6) is 5.75 Å².